The molecule has 2 aromatic heterocycles. The Labute approximate surface area is 262 Å². The van der Waals surface area contributed by atoms with Crippen molar-refractivity contribution >= 4 is 38.9 Å². The number of hydrogen-bond acceptors (Lipinski definition) is 5. The third kappa shape index (κ3) is 4.76. The van der Waals surface area contributed by atoms with E-state index in [4.69, 9.17) is 14.7 Å². The molecule has 0 amide bonds. The number of ether oxygens (including phenoxy) is 1. The van der Waals surface area contributed by atoms with Crippen molar-refractivity contribution in [1.29, 1.82) is 0 Å². The van der Waals surface area contributed by atoms with Gasteiger partial charge in [-0.25, -0.2) is 10.0 Å². The molecule has 220 valence electrons. The molecule has 0 aliphatic carbocycles. The first kappa shape index (κ1) is 27.0. The van der Waals surface area contributed by atoms with Gasteiger partial charge in [0.05, 0.1) is 33.6 Å². The number of benzene rings is 5. The second kappa shape index (κ2) is 10.5. The van der Waals surface area contributed by atoms with Gasteiger partial charge in [0.1, 0.15) is 17.3 Å². The van der Waals surface area contributed by atoms with Crippen LogP contribution in [0.2, 0.25) is 0 Å². The lowest BCUT2D eigenvalue weighted by atomic mass is 10.1. The number of anilines is 3. The average Bonchev–Trinajstić information content (AvgIpc) is 3.62. The van der Waals surface area contributed by atoms with Gasteiger partial charge in [-0.2, -0.15) is 5.06 Å². The molecule has 3 heterocycles. The zero-order chi connectivity index (χ0) is 30.5. The Bertz CT molecular complexity index is 2180. The summed E-state index contributed by atoms with van der Waals surface area (Å²) in [6.07, 6.45) is 1.88. The normalized spacial score (nSPS) is 13.0. The number of hydroxylamine groups is 1. The largest absolute Gasteiger partial charge is 0.457 e. The van der Waals surface area contributed by atoms with Gasteiger partial charge in [-0.05, 0) is 86.5 Å². The molecule has 0 N–H and O–H groups in total. The topological polar surface area (TPSA) is 42.8 Å². The van der Waals surface area contributed by atoms with E-state index in [0.717, 1.165) is 56.2 Å². The summed E-state index contributed by atoms with van der Waals surface area (Å²) >= 11 is 0. The van der Waals surface area contributed by atoms with E-state index in [9.17, 15) is 0 Å². The number of para-hydroxylation sites is 3. The van der Waals surface area contributed by atoms with E-state index in [1.54, 1.807) is 0 Å². The van der Waals surface area contributed by atoms with Crippen LogP contribution in [0.5, 0.6) is 11.5 Å². The van der Waals surface area contributed by atoms with Crippen LogP contribution in [0.15, 0.2) is 140 Å². The van der Waals surface area contributed by atoms with Crippen LogP contribution in [0.4, 0.5) is 17.1 Å². The lowest BCUT2D eigenvalue weighted by Gasteiger charge is -2.31. The van der Waals surface area contributed by atoms with E-state index in [1.807, 2.05) is 64.9 Å². The number of hydrogen-bond donors (Lipinski definition) is 0. The summed E-state index contributed by atoms with van der Waals surface area (Å²) in [5.74, 6) is 2.31. The van der Waals surface area contributed by atoms with Gasteiger partial charge in [-0.1, -0.05) is 66.7 Å². The zero-order valence-electron chi connectivity index (χ0n) is 25.4. The van der Waals surface area contributed by atoms with Crippen molar-refractivity contribution in [2.45, 2.75) is 26.3 Å². The van der Waals surface area contributed by atoms with E-state index in [0.29, 0.717) is 5.75 Å². The molecule has 0 radical (unpaired) electrons. The molecule has 0 saturated carbocycles. The molecule has 7 aromatic rings. The Morgan fingerprint density at radius 3 is 2.18 bits per heavy atom. The van der Waals surface area contributed by atoms with Gasteiger partial charge in [0.2, 0.25) is 0 Å². The maximum absolute atomic E-state index is 6.52. The van der Waals surface area contributed by atoms with Crippen molar-refractivity contribution in [3.63, 3.8) is 0 Å². The minimum Gasteiger partial charge on any atom is -0.457 e. The van der Waals surface area contributed by atoms with Crippen LogP contribution >= 0.6 is 0 Å². The van der Waals surface area contributed by atoms with Crippen molar-refractivity contribution in [2.24, 2.45) is 0 Å². The molecule has 6 heteroatoms. The van der Waals surface area contributed by atoms with Crippen LogP contribution in [-0.4, -0.2) is 15.1 Å². The highest BCUT2D eigenvalue weighted by Crippen LogP contribution is 2.45. The average molecular weight is 589 g/mol. The Balaban J connectivity index is 1.18. The molecule has 0 bridgehead atoms. The fourth-order valence-corrected chi connectivity index (χ4v) is 6.07. The smallest absolute Gasteiger partial charge is 0.138 e. The molecular weight excluding hydrogens is 556 g/mol. The van der Waals surface area contributed by atoms with E-state index < -0.39 is 0 Å². The van der Waals surface area contributed by atoms with Gasteiger partial charge in [-0.3, -0.25) is 4.57 Å². The maximum atomic E-state index is 6.52. The first-order valence-corrected chi connectivity index (χ1v) is 15.1. The summed E-state index contributed by atoms with van der Waals surface area (Å²) in [6.45, 7) is 6.40. The highest BCUT2D eigenvalue weighted by Gasteiger charge is 2.35. The Hall–Kier alpha value is -5.59. The van der Waals surface area contributed by atoms with Crippen molar-refractivity contribution in [3.05, 3.63) is 140 Å². The quantitative estimate of drug-likeness (QED) is 0.200. The maximum Gasteiger partial charge on any atom is 0.138 e. The van der Waals surface area contributed by atoms with E-state index in [-0.39, 0.29) is 5.54 Å². The minimum atomic E-state index is -0.220. The first-order valence-electron chi connectivity index (χ1n) is 15.1. The minimum absolute atomic E-state index is 0.220. The monoisotopic (exact) mass is 588 g/mol. The van der Waals surface area contributed by atoms with Gasteiger partial charge < -0.3 is 4.74 Å². The van der Waals surface area contributed by atoms with Gasteiger partial charge >= 0.3 is 0 Å². The summed E-state index contributed by atoms with van der Waals surface area (Å²) in [5, 5.41) is 6.12. The summed E-state index contributed by atoms with van der Waals surface area (Å²) in [4.78, 5) is 11.2. The van der Waals surface area contributed by atoms with Gasteiger partial charge in [0, 0.05) is 29.1 Å². The highest BCUT2D eigenvalue weighted by molar-refractivity contribution is 6.09. The number of nitrogens with zero attached hydrogens (tertiary/aromatic N) is 4. The molecule has 45 heavy (non-hydrogen) atoms. The molecule has 6 nitrogen and oxygen atoms in total. The standard InChI is InChI=1S/C39H32N4O2/c1-39(2,3)43-36-19-10-9-18-35(36)42(45-43)29-14-11-15-30(25-29)44-31-20-21-33-32-16-7-8-17-34(32)41(37(33)26-31)38-24-28(22-23-40-38)27-12-5-4-6-13-27/h4-26H,1-3H3. The first-order chi connectivity index (χ1) is 21.9. The predicted octanol–water partition coefficient (Wildman–Crippen LogP) is 10.2. The number of pyridine rings is 1. The second-order valence-electron chi connectivity index (χ2n) is 12.2. The molecule has 8 rings (SSSR count). The zero-order valence-corrected chi connectivity index (χ0v) is 25.4. The molecule has 0 spiro atoms. The molecule has 1 aliphatic rings. The Morgan fingerprint density at radius 2 is 1.33 bits per heavy atom. The van der Waals surface area contributed by atoms with E-state index in [2.05, 4.69) is 110 Å². The fourth-order valence-electron chi connectivity index (χ4n) is 6.07. The van der Waals surface area contributed by atoms with E-state index in [1.165, 1.54) is 5.39 Å². The Kier molecular flexibility index (Phi) is 6.32. The predicted molar refractivity (Wildman–Crippen MR) is 182 cm³/mol. The SMILES string of the molecule is CC(C)(C)N1ON(c2cccc(Oc3ccc4c5ccccc5n(-c5cc(-c6ccccc6)ccn5)c4c3)c2)c2ccccc21. The number of fused-ring (bicyclic) bond motifs is 4. The number of rotatable bonds is 5. The molecule has 5 aromatic carbocycles. The molecular formula is C39H32N4O2. The van der Waals surface area contributed by atoms with Gasteiger partial charge in [0.15, 0.2) is 0 Å². The van der Waals surface area contributed by atoms with Crippen molar-refractivity contribution in [1.82, 2.24) is 9.55 Å². The van der Waals surface area contributed by atoms with E-state index >= 15 is 0 Å². The van der Waals surface area contributed by atoms with Crippen LogP contribution in [0.25, 0.3) is 38.8 Å². The van der Waals surface area contributed by atoms with Gasteiger partial charge in [0.25, 0.3) is 0 Å². The summed E-state index contributed by atoms with van der Waals surface area (Å²) in [5.41, 5.74) is 7.07. The second-order valence-corrected chi connectivity index (χ2v) is 12.2. The molecule has 0 fully saturated rings. The lowest BCUT2D eigenvalue weighted by molar-refractivity contribution is 0.0842. The molecule has 1 aliphatic heterocycles. The molecule has 0 saturated heterocycles. The van der Waals surface area contributed by atoms with Crippen LogP contribution in [0.1, 0.15) is 20.8 Å². The van der Waals surface area contributed by atoms with Crippen molar-refractivity contribution < 1.29 is 9.68 Å². The Morgan fingerprint density at radius 1 is 0.600 bits per heavy atom. The third-order valence-electron chi connectivity index (χ3n) is 8.11. The number of aromatic nitrogens is 2. The molecule has 0 unspecified atom stereocenters. The van der Waals surface area contributed by atoms with Crippen LogP contribution in [0.3, 0.4) is 0 Å². The van der Waals surface area contributed by atoms with Crippen molar-refractivity contribution in [2.75, 3.05) is 10.1 Å². The highest BCUT2D eigenvalue weighted by atomic mass is 16.9. The molecule has 0 atom stereocenters. The van der Waals surface area contributed by atoms with Crippen LogP contribution in [0, 0.1) is 0 Å². The third-order valence-corrected chi connectivity index (χ3v) is 8.11. The summed E-state index contributed by atoms with van der Waals surface area (Å²) < 4.78 is 8.74. The summed E-state index contributed by atoms with van der Waals surface area (Å²) in [7, 11) is 0. The lowest BCUT2D eigenvalue weighted by Crippen LogP contribution is -2.41. The van der Waals surface area contributed by atoms with Crippen LogP contribution < -0.4 is 14.9 Å². The van der Waals surface area contributed by atoms with Crippen LogP contribution in [-0.2, 0) is 4.94 Å². The summed E-state index contributed by atoms with van der Waals surface area (Å²) in [6, 6.07) is 45.5. The van der Waals surface area contributed by atoms with Gasteiger partial charge in [-0.15, -0.1) is 4.94 Å². The van der Waals surface area contributed by atoms with Crippen molar-refractivity contribution in [3.8, 4) is 28.4 Å². The fraction of sp³-hybridized carbons (Fsp3) is 0.103.